The lowest BCUT2D eigenvalue weighted by Crippen LogP contribution is -2.36. The van der Waals surface area contributed by atoms with Crippen LogP contribution in [0.3, 0.4) is 0 Å². The zero-order valence-electron chi connectivity index (χ0n) is 7.11. The number of nitrogens with one attached hydrogen (secondary N) is 2. The van der Waals surface area contributed by atoms with Crippen molar-refractivity contribution in [1.29, 1.82) is 0 Å². The molecule has 0 aliphatic carbocycles. The fraction of sp³-hybridized carbons (Fsp3) is 1.00. The summed E-state index contributed by atoms with van der Waals surface area (Å²) in [4.78, 5) is 0. The predicted octanol–water partition coefficient (Wildman–Crippen LogP) is -0.170. The van der Waals surface area contributed by atoms with Crippen LogP contribution in [-0.2, 0) is 4.74 Å². The summed E-state index contributed by atoms with van der Waals surface area (Å²) in [6, 6.07) is 0.528. The maximum absolute atomic E-state index is 4.89. The van der Waals surface area contributed by atoms with Crippen molar-refractivity contribution in [3.8, 4) is 0 Å². The number of ether oxygens (including phenoxy) is 1. The summed E-state index contributed by atoms with van der Waals surface area (Å²) in [6.45, 7) is 4.86. The summed E-state index contributed by atoms with van der Waals surface area (Å²) < 4.78 is 4.89. The number of methoxy groups -OCH3 is 1. The Morgan fingerprint density at radius 1 is 1.50 bits per heavy atom. The third-order valence-electron chi connectivity index (χ3n) is 1.31. The molecule has 0 fully saturated rings. The van der Waals surface area contributed by atoms with Gasteiger partial charge in [0.15, 0.2) is 0 Å². The molecule has 0 aliphatic heterocycles. The van der Waals surface area contributed by atoms with Gasteiger partial charge in [-0.25, -0.2) is 0 Å². The van der Waals surface area contributed by atoms with Crippen LogP contribution in [-0.4, -0.2) is 39.9 Å². The molecule has 0 aromatic heterocycles. The van der Waals surface area contributed by atoms with Gasteiger partial charge in [0.25, 0.3) is 0 Å². The van der Waals surface area contributed by atoms with Crippen molar-refractivity contribution in [2.24, 2.45) is 0 Å². The van der Waals surface area contributed by atoms with Crippen molar-refractivity contribution < 1.29 is 4.74 Å². The fourth-order valence-electron chi connectivity index (χ4n) is 0.786. The van der Waals surface area contributed by atoms with E-state index in [4.69, 9.17) is 4.74 Å². The van der Waals surface area contributed by atoms with Gasteiger partial charge in [-0.15, -0.1) is 0 Å². The minimum atomic E-state index is 0.528. The van der Waals surface area contributed by atoms with Crippen LogP contribution in [0.4, 0.5) is 0 Å². The van der Waals surface area contributed by atoms with Gasteiger partial charge < -0.3 is 15.4 Å². The topological polar surface area (TPSA) is 33.3 Å². The first-order valence-corrected chi connectivity index (χ1v) is 3.68. The van der Waals surface area contributed by atoms with Gasteiger partial charge >= 0.3 is 0 Å². The predicted molar refractivity (Wildman–Crippen MR) is 43.3 cm³/mol. The summed E-state index contributed by atoms with van der Waals surface area (Å²) in [5.74, 6) is 0. The lowest BCUT2D eigenvalue weighted by molar-refractivity contribution is 0.196. The minimum Gasteiger partial charge on any atom is -0.383 e. The van der Waals surface area contributed by atoms with Gasteiger partial charge in [-0.2, -0.15) is 0 Å². The van der Waals surface area contributed by atoms with Crippen molar-refractivity contribution in [2.75, 3.05) is 33.9 Å². The van der Waals surface area contributed by atoms with E-state index in [2.05, 4.69) is 17.6 Å². The standard InChI is InChI=1S/C7H18N2O/c1-7(6-8-2)9-4-5-10-3/h7-9H,4-6H2,1-3H3. The number of likely N-dealkylation sites (N-methyl/N-ethyl adjacent to an activating group) is 1. The second-order valence-electron chi connectivity index (χ2n) is 2.41. The molecule has 0 bridgehead atoms. The SMILES string of the molecule is CNCC(C)NCCOC. The Kier molecular flexibility index (Phi) is 6.91. The van der Waals surface area contributed by atoms with Gasteiger partial charge in [0, 0.05) is 26.2 Å². The summed E-state index contributed by atoms with van der Waals surface area (Å²) in [5, 5.41) is 6.39. The van der Waals surface area contributed by atoms with Crippen LogP contribution in [0.15, 0.2) is 0 Å². The fourth-order valence-corrected chi connectivity index (χ4v) is 0.786. The highest BCUT2D eigenvalue weighted by atomic mass is 16.5. The van der Waals surface area contributed by atoms with Crippen LogP contribution in [0.1, 0.15) is 6.92 Å². The monoisotopic (exact) mass is 146 g/mol. The van der Waals surface area contributed by atoms with E-state index in [0.29, 0.717) is 6.04 Å². The summed E-state index contributed by atoms with van der Waals surface area (Å²) >= 11 is 0. The molecular weight excluding hydrogens is 128 g/mol. The maximum atomic E-state index is 4.89. The smallest absolute Gasteiger partial charge is 0.0587 e. The van der Waals surface area contributed by atoms with E-state index in [9.17, 15) is 0 Å². The molecular formula is C7H18N2O. The summed E-state index contributed by atoms with van der Waals surface area (Å²) in [7, 11) is 3.67. The molecule has 0 saturated heterocycles. The Labute approximate surface area is 63.1 Å². The molecule has 3 heteroatoms. The van der Waals surface area contributed by atoms with Gasteiger partial charge in [0.05, 0.1) is 6.61 Å². The highest BCUT2D eigenvalue weighted by Crippen LogP contribution is 1.76. The molecule has 62 valence electrons. The van der Waals surface area contributed by atoms with Crippen molar-refractivity contribution in [3.05, 3.63) is 0 Å². The quantitative estimate of drug-likeness (QED) is 0.510. The van der Waals surface area contributed by atoms with Crippen molar-refractivity contribution in [3.63, 3.8) is 0 Å². The molecule has 0 aromatic rings. The average Bonchev–Trinajstić information content (AvgIpc) is 1.89. The first-order chi connectivity index (χ1) is 4.81. The van der Waals surface area contributed by atoms with E-state index >= 15 is 0 Å². The third kappa shape index (κ3) is 6.01. The Bertz CT molecular complexity index is 68.6. The first kappa shape index (κ1) is 9.88. The molecule has 3 nitrogen and oxygen atoms in total. The molecule has 0 radical (unpaired) electrons. The molecule has 2 N–H and O–H groups in total. The van der Waals surface area contributed by atoms with Crippen molar-refractivity contribution >= 4 is 0 Å². The second-order valence-corrected chi connectivity index (χ2v) is 2.41. The van der Waals surface area contributed by atoms with Crippen LogP contribution < -0.4 is 10.6 Å². The molecule has 0 saturated carbocycles. The molecule has 0 heterocycles. The van der Waals surface area contributed by atoms with Gasteiger partial charge in [0.1, 0.15) is 0 Å². The Hall–Kier alpha value is -0.120. The molecule has 0 aromatic carbocycles. The van der Waals surface area contributed by atoms with E-state index in [1.165, 1.54) is 0 Å². The van der Waals surface area contributed by atoms with E-state index in [-0.39, 0.29) is 0 Å². The number of hydrogen-bond donors (Lipinski definition) is 2. The van der Waals surface area contributed by atoms with Crippen LogP contribution in [0.5, 0.6) is 0 Å². The Morgan fingerprint density at radius 3 is 2.70 bits per heavy atom. The van der Waals surface area contributed by atoms with E-state index in [1.807, 2.05) is 7.05 Å². The van der Waals surface area contributed by atoms with Gasteiger partial charge in [-0.3, -0.25) is 0 Å². The number of rotatable bonds is 6. The highest BCUT2D eigenvalue weighted by Gasteiger charge is 1.96. The zero-order valence-corrected chi connectivity index (χ0v) is 7.11. The summed E-state index contributed by atoms with van der Waals surface area (Å²) in [5.41, 5.74) is 0. The van der Waals surface area contributed by atoms with Gasteiger partial charge in [-0.05, 0) is 14.0 Å². The zero-order chi connectivity index (χ0) is 7.82. The van der Waals surface area contributed by atoms with E-state index in [1.54, 1.807) is 7.11 Å². The van der Waals surface area contributed by atoms with Crippen molar-refractivity contribution in [1.82, 2.24) is 10.6 Å². The van der Waals surface area contributed by atoms with Crippen LogP contribution in [0.2, 0.25) is 0 Å². The maximum Gasteiger partial charge on any atom is 0.0587 e. The van der Waals surface area contributed by atoms with Crippen LogP contribution >= 0.6 is 0 Å². The first-order valence-electron chi connectivity index (χ1n) is 3.68. The molecule has 0 spiro atoms. The van der Waals surface area contributed by atoms with Crippen molar-refractivity contribution in [2.45, 2.75) is 13.0 Å². The lowest BCUT2D eigenvalue weighted by atomic mass is 10.3. The summed E-state index contributed by atoms with van der Waals surface area (Å²) in [6.07, 6.45) is 0. The number of hydrogen-bond acceptors (Lipinski definition) is 3. The molecule has 1 unspecified atom stereocenters. The third-order valence-corrected chi connectivity index (χ3v) is 1.31. The lowest BCUT2D eigenvalue weighted by Gasteiger charge is -2.11. The minimum absolute atomic E-state index is 0.528. The Balaban J connectivity index is 2.97. The molecule has 0 aliphatic rings. The highest BCUT2D eigenvalue weighted by molar-refractivity contribution is 4.60. The molecule has 1 atom stereocenters. The largest absolute Gasteiger partial charge is 0.383 e. The van der Waals surface area contributed by atoms with E-state index < -0.39 is 0 Å². The van der Waals surface area contributed by atoms with Gasteiger partial charge in [-0.1, -0.05) is 0 Å². The average molecular weight is 146 g/mol. The van der Waals surface area contributed by atoms with Crippen LogP contribution in [0, 0.1) is 0 Å². The van der Waals surface area contributed by atoms with Gasteiger partial charge in [0.2, 0.25) is 0 Å². The van der Waals surface area contributed by atoms with E-state index in [0.717, 1.165) is 19.7 Å². The normalized spacial score (nSPS) is 13.5. The molecule has 0 rings (SSSR count). The second kappa shape index (κ2) is 6.99. The molecule has 0 amide bonds. The van der Waals surface area contributed by atoms with Crippen LogP contribution in [0.25, 0.3) is 0 Å². The molecule has 10 heavy (non-hydrogen) atoms. The Morgan fingerprint density at radius 2 is 2.20 bits per heavy atom.